The van der Waals surface area contributed by atoms with Crippen LogP contribution in [0.2, 0.25) is 0 Å². The van der Waals surface area contributed by atoms with Crippen molar-refractivity contribution in [2.45, 2.75) is 12.5 Å². The second-order valence-corrected chi connectivity index (χ2v) is 3.77. The molecule has 19 heavy (non-hydrogen) atoms. The molecule has 0 fully saturated rings. The molecule has 0 aliphatic heterocycles. The fraction of sp³-hybridized carbons (Fsp3) is 0.364. The molecule has 1 atom stereocenters. The van der Waals surface area contributed by atoms with Crippen LogP contribution in [0.15, 0.2) is 18.2 Å². The van der Waals surface area contributed by atoms with Crippen LogP contribution in [-0.2, 0) is 9.53 Å². The first-order valence-corrected chi connectivity index (χ1v) is 5.44. The van der Waals surface area contributed by atoms with Crippen molar-refractivity contribution < 1.29 is 18.8 Å². The van der Waals surface area contributed by atoms with Gasteiger partial charge in [0, 0.05) is 25.8 Å². The average molecular weight is 271 g/mol. The number of nitrogens with one attached hydrogen (secondary N) is 1. The molecule has 1 aromatic rings. The molecule has 1 aromatic carbocycles. The van der Waals surface area contributed by atoms with E-state index in [0.29, 0.717) is 0 Å². The largest absolute Gasteiger partial charge is 0.380 e. The molecule has 0 saturated carbocycles. The van der Waals surface area contributed by atoms with Crippen LogP contribution in [0.25, 0.3) is 0 Å². The quantitative estimate of drug-likeness (QED) is 0.593. The van der Waals surface area contributed by atoms with E-state index in [1.54, 1.807) is 0 Å². The number of halogens is 1. The zero-order valence-corrected chi connectivity index (χ0v) is 10.3. The zero-order valence-electron chi connectivity index (χ0n) is 10.3. The van der Waals surface area contributed by atoms with Crippen LogP contribution in [0.5, 0.6) is 0 Å². The summed E-state index contributed by atoms with van der Waals surface area (Å²) in [5, 5.41) is 12.8. The van der Waals surface area contributed by atoms with E-state index in [1.807, 2.05) is 0 Å². The van der Waals surface area contributed by atoms with Crippen molar-refractivity contribution in [3.05, 3.63) is 34.1 Å². The molecule has 0 aromatic heterocycles. The molecule has 0 spiro atoms. The molecule has 3 N–H and O–H groups in total. The Kier molecular flexibility index (Phi) is 5.34. The lowest BCUT2D eigenvalue weighted by atomic mass is 10.2. The maximum Gasteiger partial charge on any atom is 0.271 e. The van der Waals surface area contributed by atoms with Crippen molar-refractivity contribution in [2.24, 2.45) is 5.73 Å². The molecule has 104 valence electrons. The standard InChI is InChI=1S/C11H14FN3O4/c1-19-8(6-13)5-11(16)14-10-4-7(15(17)18)2-3-9(10)12/h2-4,8H,5-6,13H2,1H3,(H,14,16). The third kappa shape index (κ3) is 4.27. The number of anilines is 1. The molecule has 0 heterocycles. The molecule has 7 nitrogen and oxygen atoms in total. The number of methoxy groups -OCH3 is 1. The Morgan fingerprint density at radius 2 is 2.32 bits per heavy atom. The Bertz CT molecular complexity index is 477. The Labute approximate surface area is 108 Å². The van der Waals surface area contributed by atoms with Gasteiger partial charge < -0.3 is 15.8 Å². The van der Waals surface area contributed by atoms with Crippen LogP contribution in [0.4, 0.5) is 15.8 Å². The van der Waals surface area contributed by atoms with Gasteiger partial charge >= 0.3 is 0 Å². The minimum Gasteiger partial charge on any atom is -0.380 e. The minimum absolute atomic E-state index is 0.0604. The van der Waals surface area contributed by atoms with E-state index in [4.69, 9.17) is 10.5 Å². The lowest BCUT2D eigenvalue weighted by molar-refractivity contribution is -0.384. The smallest absolute Gasteiger partial charge is 0.271 e. The molecule has 1 unspecified atom stereocenters. The van der Waals surface area contributed by atoms with Gasteiger partial charge in [-0.1, -0.05) is 0 Å². The van der Waals surface area contributed by atoms with Gasteiger partial charge in [0.05, 0.1) is 23.1 Å². The van der Waals surface area contributed by atoms with E-state index in [-0.39, 0.29) is 24.3 Å². The number of carbonyl (C=O) groups excluding carboxylic acids is 1. The van der Waals surface area contributed by atoms with Gasteiger partial charge in [0.15, 0.2) is 0 Å². The van der Waals surface area contributed by atoms with Crippen LogP contribution < -0.4 is 11.1 Å². The summed E-state index contributed by atoms with van der Waals surface area (Å²) in [6, 6.07) is 2.89. The van der Waals surface area contributed by atoms with Gasteiger partial charge in [-0.25, -0.2) is 4.39 Å². The average Bonchev–Trinajstić information content (AvgIpc) is 2.38. The van der Waals surface area contributed by atoms with E-state index in [0.717, 1.165) is 18.2 Å². The Morgan fingerprint density at radius 3 is 2.84 bits per heavy atom. The van der Waals surface area contributed by atoms with Gasteiger partial charge in [-0.2, -0.15) is 0 Å². The highest BCUT2D eigenvalue weighted by Crippen LogP contribution is 2.21. The summed E-state index contributed by atoms with van der Waals surface area (Å²) in [6.45, 7) is 0.140. The highest BCUT2D eigenvalue weighted by atomic mass is 19.1. The first-order valence-electron chi connectivity index (χ1n) is 5.44. The van der Waals surface area contributed by atoms with Crippen LogP contribution >= 0.6 is 0 Å². The number of nitrogens with zero attached hydrogens (tertiary/aromatic N) is 1. The molecule has 0 radical (unpaired) electrons. The molecular weight excluding hydrogens is 257 g/mol. The fourth-order valence-electron chi connectivity index (χ4n) is 1.39. The van der Waals surface area contributed by atoms with Crippen molar-refractivity contribution in [1.82, 2.24) is 0 Å². The monoisotopic (exact) mass is 271 g/mol. The van der Waals surface area contributed by atoms with Gasteiger partial charge in [0.2, 0.25) is 5.91 Å². The number of nitrogens with two attached hydrogens (primary N) is 1. The molecule has 0 aliphatic carbocycles. The zero-order chi connectivity index (χ0) is 14.4. The van der Waals surface area contributed by atoms with Crippen LogP contribution in [-0.4, -0.2) is 30.6 Å². The fourth-order valence-corrected chi connectivity index (χ4v) is 1.39. The van der Waals surface area contributed by atoms with E-state index < -0.39 is 22.8 Å². The Balaban J connectivity index is 2.78. The Morgan fingerprint density at radius 1 is 1.63 bits per heavy atom. The van der Waals surface area contributed by atoms with Gasteiger partial charge in [-0.15, -0.1) is 0 Å². The summed E-state index contributed by atoms with van der Waals surface area (Å²) in [7, 11) is 1.40. The lowest BCUT2D eigenvalue weighted by Crippen LogP contribution is -2.28. The summed E-state index contributed by atoms with van der Waals surface area (Å²) in [4.78, 5) is 21.5. The second-order valence-electron chi connectivity index (χ2n) is 3.77. The van der Waals surface area contributed by atoms with Gasteiger partial charge in [-0.3, -0.25) is 14.9 Å². The third-order valence-electron chi connectivity index (χ3n) is 2.44. The van der Waals surface area contributed by atoms with Crippen molar-refractivity contribution in [3.63, 3.8) is 0 Å². The number of rotatable bonds is 6. The summed E-state index contributed by atoms with van der Waals surface area (Å²) in [5.74, 6) is -1.28. The molecule has 0 saturated heterocycles. The van der Waals surface area contributed by atoms with Gasteiger partial charge in [0.1, 0.15) is 5.82 Å². The van der Waals surface area contributed by atoms with Crippen molar-refractivity contribution in [1.29, 1.82) is 0 Å². The maximum atomic E-state index is 13.4. The van der Waals surface area contributed by atoms with Crippen molar-refractivity contribution in [3.8, 4) is 0 Å². The number of nitro groups is 1. The first-order chi connectivity index (χ1) is 8.97. The van der Waals surface area contributed by atoms with Crippen LogP contribution in [0.1, 0.15) is 6.42 Å². The number of ether oxygens (including phenoxy) is 1. The van der Waals surface area contributed by atoms with E-state index in [9.17, 15) is 19.3 Å². The predicted molar refractivity (Wildman–Crippen MR) is 66.2 cm³/mol. The highest BCUT2D eigenvalue weighted by Gasteiger charge is 2.15. The number of amides is 1. The summed E-state index contributed by atoms with van der Waals surface area (Å²) < 4.78 is 18.3. The first kappa shape index (κ1) is 15.0. The number of non-ortho nitro benzene ring substituents is 1. The second kappa shape index (κ2) is 6.76. The SMILES string of the molecule is COC(CN)CC(=O)Nc1cc([N+](=O)[O-])ccc1F. The Hall–Kier alpha value is -2.06. The van der Waals surface area contributed by atoms with E-state index in [2.05, 4.69) is 5.32 Å². The molecule has 1 amide bonds. The molecule has 8 heteroatoms. The third-order valence-corrected chi connectivity index (χ3v) is 2.44. The molecule has 0 aliphatic rings. The number of hydrogen-bond donors (Lipinski definition) is 2. The number of carbonyl (C=O) groups is 1. The molecule has 0 bridgehead atoms. The van der Waals surface area contributed by atoms with Crippen LogP contribution in [0, 0.1) is 15.9 Å². The summed E-state index contributed by atoms with van der Waals surface area (Å²) in [5.41, 5.74) is 4.80. The molecule has 1 rings (SSSR count). The van der Waals surface area contributed by atoms with Gasteiger partial charge in [0.25, 0.3) is 5.69 Å². The molecular formula is C11H14FN3O4. The maximum absolute atomic E-state index is 13.4. The van der Waals surface area contributed by atoms with E-state index >= 15 is 0 Å². The van der Waals surface area contributed by atoms with Crippen LogP contribution in [0.3, 0.4) is 0 Å². The normalized spacial score (nSPS) is 11.9. The van der Waals surface area contributed by atoms with Crippen molar-refractivity contribution in [2.75, 3.05) is 19.0 Å². The summed E-state index contributed by atoms with van der Waals surface area (Å²) in [6.07, 6.45) is -0.545. The van der Waals surface area contributed by atoms with Crippen molar-refractivity contribution >= 4 is 17.3 Å². The van der Waals surface area contributed by atoms with Gasteiger partial charge in [-0.05, 0) is 6.07 Å². The number of benzene rings is 1. The summed E-state index contributed by atoms with van der Waals surface area (Å²) >= 11 is 0. The lowest BCUT2D eigenvalue weighted by Gasteiger charge is -2.12. The minimum atomic E-state index is -0.749. The number of hydrogen-bond acceptors (Lipinski definition) is 5. The van der Waals surface area contributed by atoms with E-state index in [1.165, 1.54) is 7.11 Å². The number of nitro benzene ring substituents is 1. The highest BCUT2D eigenvalue weighted by molar-refractivity contribution is 5.91. The predicted octanol–water partition coefficient (Wildman–Crippen LogP) is 1.04. The topological polar surface area (TPSA) is 107 Å².